The number of hydrogen-bond donors (Lipinski definition) is 4. The lowest BCUT2D eigenvalue weighted by atomic mass is 10.0. The van der Waals surface area contributed by atoms with Crippen molar-refractivity contribution in [3.63, 3.8) is 0 Å². The van der Waals surface area contributed by atoms with Crippen LogP contribution < -0.4 is 0 Å². The van der Waals surface area contributed by atoms with E-state index in [9.17, 15) is 15.3 Å². The Hall–Kier alpha value is -2.20. The first-order valence-corrected chi connectivity index (χ1v) is 6.01. The van der Waals surface area contributed by atoms with E-state index < -0.39 is 6.10 Å². The Bertz CT molecular complexity index is 549. The van der Waals surface area contributed by atoms with E-state index >= 15 is 0 Å². The van der Waals surface area contributed by atoms with Gasteiger partial charge < -0.3 is 20.4 Å². The van der Waals surface area contributed by atoms with Gasteiger partial charge in [-0.05, 0) is 35.7 Å². The van der Waals surface area contributed by atoms with Gasteiger partial charge in [0.1, 0.15) is 17.2 Å². The molecule has 0 aliphatic carbocycles. The maximum Gasteiger partial charge on any atom is 0.122 e. The summed E-state index contributed by atoms with van der Waals surface area (Å²) in [5.74, 6) is 0.161. The number of phenols is 3. The molecule has 0 aliphatic heterocycles. The number of aromatic hydroxyl groups is 3. The van der Waals surface area contributed by atoms with Gasteiger partial charge in [0.25, 0.3) is 0 Å². The molecule has 0 aliphatic rings. The number of rotatable bonds is 4. The van der Waals surface area contributed by atoms with Crippen LogP contribution in [0.4, 0.5) is 0 Å². The lowest BCUT2D eigenvalue weighted by molar-refractivity contribution is 0.174. The fraction of sp³-hybridized carbons (Fsp3) is 0.200. The van der Waals surface area contributed by atoms with E-state index in [-0.39, 0.29) is 17.2 Å². The molecule has 0 bridgehead atoms. The molecule has 0 saturated carbocycles. The van der Waals surface area contributed by atoms with Crippen LogP contribution in [-0.2, 0) is 12.8 Å². The quantitative estimate of drug-likeness (QED) is 0.677. The van der Waals surface area contributed by atoms with Gasteiger partial charge in [0.2, 0.25) is 0 Å². The molecular formula is C15H16O4. The van der Waals surface area contributed by atoms with Gasteiger partial charge in [-0.2, -0.15) is 0 Å². The highest BCUT2D eigenvalue weighted by atomic mass is 16.3. The first-order chi connectivity index (χ1) is 9.04. The van der Waals surface area contributed by atoms with Crippen molar-refractivity contribution in [3.8, 4) is 17.2 Å². The largest absolute Gasteiger partial charge is 0.508 e. The summed E-state index contributed by atoms with van der Waals surface area (Å²) in [5.41, 5.74) is 1.49. The lowest BCUT2D eigenvalue weighted by Crippen LogP contribution is -2.13. The zero-order valence-electron chi connectivity index (χ0n) is 10.3. The van der Waals surface area contributed by atoms with Gasteiger partial charge in [-0.3, -0.25) is 0 Å². The molecule has 0 unspecified atom stereocenters. The third-order valence-electron chi connectivity index (χ3n) is 2.93. The van der Waals surface area contributed by atoms with E-state index in [1.807, 2.05) is 0 Å². The SMILES string of the molecule is Oc1ccc(C[C@@H](O)Cc2ccc(O)cc2O)cc1. The minimum Gasteiger partial charge on any atom is -0.508 e. The second-order valence-corrected chi connectivity index (χ2v) is 4.54. The maximum absolute atomic E-state index is 9.98. The molecule has 0 spiro atoms. The van der Waals surface area contributed by atoms with E-state index in [4.69, 9.17) is 5.11 Å². The van der Waals surface area contributed by atoms with Crippen LogP contribution in [0, 0.1) is 0 Å². The molecule has 4 nitrogen and oxygen atoms in total. The normalized spacial score (nSPS) is 12.3. The van der Waals surface area contributed by atoms with Gasteiger partial charge in [0.05, 0.1) is 6.10 Å². The smallest absolute Gasteiger partial charge is 0.122 e. The van der Waals surface area contributed by atoms with Gasteiger partial charge in [0, 0.05) is 12.5 Å². The Morgan fingerprint density at radius 2 is 1.42 bits per heavy atom. The van der Waals surface area contributed by atoms with Crippen molar-refractivity contribution < 1.29 is 20.4 Å². The standard InChI is InChI=1S/C15H16O4/c16-12-4-1-10(2-5-12)7-14(18)8-11-3-6-13(17)9-15(11)19/h1-6,9,14,16-19H,7-8H2/t14-/m1/s1. The molecule has 1 atom stereocenters. The van der Waals surface area contributed by atoms with Crippen LogP contribution in [0.2, 0.25) is 0 Å². The van der Waals surface area contributed by atoms with Crippen molar-refractivity contribution in [3.05, 3.63) is 53.6 Å². The van der Waals surface area contributed by atoms with Gasteiger partial charge in [-0.15, -0.1) is 0 Å². The Balaban J connectivity index is 2.01. The Morgan fingerprint density at radius 1 is 0.789 bits per heavy atom. The molecule has 0 radical (unpaired) electrons. The summed E-state index contributed by atoms with van der Waals surface area (Å²) in [6.45, 7) is 0. The fourth-order valence-corrected chi connectivity index (χ4v) is 1.95. The second kappa shape index (κ2) is 5.63. The van der Waals surface area contributed by atoms with Crippen molar-refractivity contribution in [2.45, 2.75) is 18.9 Å². The third-order valence-corrected chi connectivity index (χ3v) is 2.93. The number of phenolic OH excluding ortho intramolecular Hbond substituents is 3. The predicted octanol–water partition coefficient (Wildman–Crippen LogP) is 1.95. The molecule has 4 N–H and O–H groups in total. The first-order valence-electron chi connectivity index (χ1n) is 6.01. The zero-order valence-corrected chi connectivity index (χ0v) is 10.3. The molecule has 4 heteroatoms. The van der Waals surface area contributed by atoms with Crippen LogP contribution in [0.25, 0.3) is 0 Å². The highest BCUT2D eigenvalue weighted by Gasteiger charge is 2.10. The number of aliphatic hydroxyl groups is 1. The van der Waals surface area contributed by atoms with E-state index in [0.29, 0.717) is 18.4 Å². The summed E-state index contributed by atoms with van der Waals surface area (Å²) in [6, 6.07) is 10.9. The summed E-state index contributed by atoms with van der Waals surface area (Å²) >= 11 is 0. The highest BCUT2D eigenvalue weighted by molar-refractivity contribution is 5.39. The molecule has 19 heavy (non-hydrogen) atoms. The van der Waals surface area contributed by atoms with E-state index in [0.717, 1.165) is 5.56 Å². The Morgan fingerprint density at radius 3 is 2.05 bits per heavy atom. The van der Waals surface area contributed by atoms with Crippen molar-refractivity contribution >= 4 is 0 Å². The summed E-state index contributed by atoms with van der Waals surface area (Å²) < 4.78 is 0. The number of benzene rings is 2. The van der Waals surface area contributed by atoms with Gasteiger partial charge >= 0.3 is 0 Å². The van der Waals surface area contributed by atoms with Crippen molar-refractivity contribution in [1.82, 2.24) is 0 Å². The number of aliphatic hydroxyl groups excluding tert-OH is 1. The molecule has 0 fully saturated rings. The van der Waals surface area contributed by atoms with E-state index in [1.54, 1.807) is 30.3 Å². The average molecular weight is 260 g/mol. The van der Waals surface area contributed by atoms with Crippen LogP contribution in [0.15, 0.2) is 42.5 Å². The molecule has 2 rings (SSSR count). The topological polar surface area (TPSA) is 80.9 Å². The number of hydrogen-bond acceptors (Lipinski definition) is 4. The molecular weight excluding hydrogens is 244 g/mol. The monoisotopic (exact) mass is 260 g/mol. The van der Waals surface area contributed by atoms with E-state index in [2.05, 4.69) is 0 Å². The molecule has 2 aromatic rings. The summed E-state index contributed by atoms with van der Waals surface area (Å²) in [4.78, 5) is 0. The fourth-order valence-electron chi connectivity index (χ4n) is 1.95. The van der Waals surface area contributed by atoms with Crippen molar-refractivity contribution in [2.75, 3.05) is 0 Å². The second-order valence-electron chi connectivity index (χ2n) is 4.54. The summed E-state index contributed by atoms with van der Waals surface area (Å²) in [6.07, 6.45) is 0.0908. The van der Waals surface area contributed by atoms with Crippen LogP contribution in [0.1, 0.15) is 11.1 Å². The Kier molecular flexibility index (Phi) is 3.92. The average Bonchev–Trinajstić information content (AvgIpc) is 2.36. The van der Waals surface area contributed by atoms with Gasteiger partial charge in [0.15, 0.2) is 0 Å². The molecule has 0 amide bonds. The highest BCUT2D eigenvalue weighted by Crippen LogP contribution is 2.24. The minimum absolute atomic E-state index is 0.00530. The molecule has 100 valence electrons. The van der Waals surface area contributed by atoms with Gasteiger partial charge in [-0.25, -0.2) is 0 Å². The first kappa shape index (κ1) is 13.2. The van der Waals surface area contributed by atoms with Crippen LogP contribution in [-0.4, -0.2) is 26.5 Å². The summed E-state index contributed by atoms with van der Waals surface area (Å²) in [5, 5.41) is 38.0. The predicted molar refractivity (Wildman–Crippen MR) is 71.3 cm³/mol. The van der Waals surface area contributed by atoms with Crippen LogP contribution in [0.3, 0.4) is 0 Å². The van der Waals surface area contributed by atoms with Crippen molar-refractivity contribution in [1.29, 1.82) is 0 Å². The van der Waals surface area contributed by atoms with Gasteiger partial charge in [-0.1, -0.05) is 18.2 Å². The summed E-state index contributed by atoms with van der Waals surface area (Å²) in [7, 11) is 0. The minimum atomic E-state index is -0.639. The Labute approximate surface area is 111 Å². The molecule has 2 aromatic carbocycles. The zero-order chi connectivity index (χ0) is 13.8. The van der Waals surface area contributed by atoms with E-state index in [1.165, 1.54) is 12.1 Å². The molecule has 0 saturated heterocycles. The lowest BCUT2D eigenvalue weighted by Gasteiger charge is -2.12. The van der Waals surface area contributed by atoms with Crippen LogP contribution in [0.5, 0.6) is 17.2 Å². The molecule has 0 heterocycles. The van der Waals surface area contributed by atoms with Crippen molar-refractivity contribution in [2.24, 2.45) is 0 Å². The molecule has 0 aromatic heterocycles. The van der Waals surface area contributed by atoms with Crippen LogP contribution >= 0.6 is 0 Å². The third kappa shape index (κ3) is 3.63. The maximum atomic E-state index is 9.98.